The number of hydrogen-bond donors (Lipinski definition) is 1. The number of benzene rings is 2. The highest BCUT2D eigenvalue weighted by Crippen LogP contribution is 2.34. The van der Waals surface area contributed by atoms with E-state index in [-0.39, 0.29) is 5.69 Å². The minimum absolute atomic E-state index is 0.204. The smallest absolute Gasteiger partial charge is 0.247 e. The number of anilines is 2. The van der Waals surface area contributed by atoms with Crippen LogP contribution in [0.25, 0.3) is 0 Å². The van der Waals surface area contributed by atoms with Gasteiger partial charge in [0, 0.05) is 10.7 Å². The molecule has 1 amide bonds. The zero-order chi connectivity index (χ0) is 20.4. The molecule has 0 saturated carbocycles. The third-order valence-electron chi connectivity index (χ3n) is 4.24. The number of nitrogens with one attached hydrogen (secondary N) is 1. The van der Waals surface area contributed by atoms with Crippen molar-refractivity contribution in [2.45, 2.75) is 26.8 Å². The highest BCUT2D eigenvalue weighted by molar-refractivity contribution is 7.92. The quantitative estimate of drug-likeness (QED) is 0.786. The fourth-order valence-corrected chi connectivity index (χ4v) is 4.02. The Morgan fingerprint density at radius 3 is 2.37 bits per heavy atom. The van der Waals surface area contributed by atoms with Crippen LogP contribution < -0.4 is 14.4 Å². The third-order valence-corrected chi connectivity index (χ3v) is 5.70. The monoisotopic (exact) mass is 410 g/mol. The van der Waals surface area contributed by atoms with E-state index in [2.05, 4.69) is 5.32 Å². The number of ether oxygens (including phenoxy) is 1. The normalized spacial score (nSPS) is 12.4. The SMILES string of the molecule is COc1ccc(Cl)cc1N([C@H](C)C(=O)Nc1ccc(C)c(C)c1)S(C)(=O)=O. The first-order chi connectivity index (χ1) is 12.5. The van der Waals surface area contributed by atoms with Gasteiger partial charge in [0.1, 0.15) is 11.8 Å². The molecule has 0 aliphatic rings. The van der Waals surface area contributed by atoms with E-state index in [0.29, 0.717) is 16.5 Å². The van der Waals surface area contributed by atoms with E-state index in [4.69, 9.17) is 16.3 Å². The second-order valence-corrected chi connectivity index (χ2v) is 8.64. The van der Waals surface area contributed by atoms with Crippen LogP contribution in [0.2, 0.25) is 5.02 Å². The Morgan fingerprint density at radius 1 is 1.15 bits per heavy atom. The average molecular weight is 411 g/mol. The summed E-state index contributed by atoms with van der Waals surface area (Å²) in [6, 6.07) is 9.09. The number of halogens is 1. The summed E-state index contributed by atoms with van der Waals surface area (Å²) in [4.78, 5) is 12.8. The number of nitrogens with zero attached hydrogens (tertiary/aromatic N) is 1. The van der Waals surface area contributed by atoms with Crippen LogP contribution in [-0.4, -0.2) is 33.7 Å². The summed E-state index contributed by atoms with van der Waals surface area (Å²) in [5.41, 5.74) is 2.93. The Balaban J connectivity index is 2.41. The summed E-state index contributed by atoms with van der Waals surface area (Å²) < 4.78 is 31.2. The van der Waals surface area contributed by atoms with Gasteiger partial charge in [-0.15, -0.1) is 0 Å². The molecule has 2 aromatic rings. The standard InChI is InChI=1S/C19H23ClN2O4S/c1-12-6-8-16(10-13(12)2)21-19(23)14(3)22(27(5,24)25)17-11-15(20)7-9-18(17)26-4/h6-11,14H,1-5H3,(H,21,23)/t14-/m1/s1. The van der Waals surface area contributed by atoms with E-state index in [9.17, 15) is 13.2 Å². The predicted octanol–water partition coefficient (Wildman–Crippen LogP) is 3.76. The van der Waals surface area contributed by atoms with Crippen molar-refractivity contribution in [2.75, 3.05) is 23.0 Å². The fraction of sp³-hybridized carbons (Fsp3) is 0.316. The fourth-order valence-electron chi connectivity index (χ4n) is 2.68. The number of rotatable bonds is 6. The van der Waals surface area contributed by atoms with Crippen molar-refractivity contribution in [2.24, 2.45) is 0 Å². The van der Waals surface area contributed by atoms with E-state index >= 15 is 0 Å². The third kappa shape index (κ3) is 4.93. The van der Waals surface area contributed by atoms with Gasteiger partial charge in [0.15, 0.2) is 0 Å². The Labute approximate surface area is 165 Å². The lowest BCUT2D eigenvalue weighted by atomic mass is 10.1. The molecule has 0 bridgehead atoms. The molecule has 27 heavy (non-hydrogen) atoms. The van der Waals surface area contributed by atoms with Gasteiger partial charge in [-0.2, -0.15) is 0 Å². The molecule has 2 aromatic carbocycles. The number of carbonyl (C=O) groups excluding carboxylic acids is 1. The van der Waals surface area contributed by atoms with Crippen molar-refractivity contribution >= 4 is 38.9 Å². The highest BCUT2D eigenvalue weighted by atomic mass is 35.5. The molecule has 0 aliphatic heterocycles. The second-order valence-electron chi connectivity index (χ2n) is 6.34. The molecule has 0 aliphatic carbocycles. The molecule has 8 heteroatoms. The minimum atomic E-state index is -3.78. The van der Waals surface area contributed by atoms with E-state index < -0.39 is 22.0 Å². The van der Waals surface area contributed by atoms with Gasteiger partial charge >= 0.3 is 0 Å². The number of carbonyl (C=O) groups is 1. The van der Waals surface area contributed by atoms with Crippen LogP contribution in [-0.2, 0) is 14.8 Å². The van der Waals surface area contributed by atoms with Gasteiger partial charge in [-0.1, -0.05) is 17.7 Å². The number of aryl methyl sites for hydroxylation is 2. The summed E-state index contributed by atoms with van der Waals surface area (Å²) in [5, 5.41) is 3.10. The molecule has 0 fully saturated rings. The van der Waals surface area contributed by atoms with Crippen LogP contribution in [0.4, 0.5) is 11.4 Å². The average Bonchev–Trinajstić information content (AvgIpc) is 2.57. The van der Waals surface area contributed by atoms with Crippen LogP contribution in [0.1, 0.15) is 18.1 Å². The van der Waals surface area contributed by atoms with Crippen LogP contribution in [0, 0.1) is 13.8 Å². The van der Waals surface area contributed by atoms with Crippen LogP contribution in [0.15, 0.2) is 36.4 Å². The van der Waals surface area contributed by atoms with Crippen molar-refractivity contribution in [3.63, 3.8) is 0 Å². The molecule has 2 rings (SSSR count). The molecular weight excluding hydrogens is 388 g/mol. The number of methoxy groups -OCH3 is 1. The molecule has 0 aromatic heterocycles. The van der Waals surface area contributed by atoms with Crippen LogP contribution >= 0.6 is 11.6 Å². The molecule has 1 N–H and O–H groups in total. The molecule has 0 heterocycles. The zero-order valence-corrected chi connectivity index (χ0v) is 17.5. The maximum atomic E-state index is 12.8. The number of hydrogen-bond acceptors (Lipinski definition) is 4. The second kappa shape index (κ2) is 8.19. The lowest BCUT2D eigenvalue weighted by molar-refractivity contribution is -0.116. The lowest BCUT2D eigenvalue weighted by Gasteiger charge is -2.29. The first kappa shape index (κ1) is 21.1. The van der Waals surface area contributed by atoms with Crippen LogP contribution in [0.3, 0.4) is 0 Å². The first-order valence-corrected chi connectivity index (χ1v) is 10.5. The van der Waals surface area contributed by atoms with Gasteiger partial charge in [-0.05, 0) is 62.2 Å². The molecule has 0 spiro atoms. The van der Waals surface area contributed by atoms with Gasteiger partial charge in [-0.3, -0.25) is 9.10 Å². The summed E-state index contributed by atoms with van der Waals surface area (Å²) >= 11 is 6.04. The van der Waals surface area contributed by atoms with E-state index in [1.165, 1.54) is 20.1 Å². The highest BCUT2D eigenvalue weighted by Gasteiger charge is 2.31. The zero-order valence-electron chi connectivity index (χ0n) is 15.9. The molecular formula is C19H23ClN2O4S. The Bertz CT molecular complexity index is 960. The lowest BCUT2D eigenvalue weighted by Crippen LogP contribution is -2.45. The molecule has 0 radical (unpaired) electrons. The minimum Gasteiger partial charge on any atom is -0.495 e. The van der Waals surface area contributed by atoms with Crippen molar-refractivity contribution in [1.29, 1.82) is 0 Å². The van der Waals surface area contributed by atoms with Crippen molar-refractivity contribution in [3.8, 4) is 5.75 Å². The van der Waals surface area contributed by atoms with Gasteiger partial charge in [0.05, 0.1) is 19.1 Å². The first-order valence-electron chi connectivity index (χ1n) is 8.25. The van der Waals surface area contributed by atoms with Gasteiger partial charge in [0.25, 0.3) is 0 Å². The largest absolute Gasteiger partial charge is 0.495 e. The summed E-state index contributed by atoms with van der Waals surface area (Å²) in [6.45, 7) is 5.42. The van der Waals surface area contributed by atoms with E-state index in [1.807, 2.05) is 26.0 Å². The van der Waals surface area contributed by atoms with Crippen molar-refractivity contribution in [3.05, 3.63) is 52.5 Å². The maximum Gasteiger partial charge on any atom is 0.247 e. The molecule has 6 nitrogen and oxygen atoms in total. The number of amides is 1. The summed E-state index contributed by atoms with van der Waals surface area (Å²) in [5.74, 6) is -0.165. The summed E-state index contributed by atoms with van der Waals surface area (Å²) in [7, 11) is -2.36. The molecule has 1 atom stereocenters. The van der Waals surface area contributed by atoms with Crippen LogP contribution in [0.5, 0.6) is 5.75 Å². The topological polar surface area (TPSA) is 75.7 Å². The molecule has 146 valence electrons. The molecule has 0 unspecified atom stereocenters. The van der Waals surface area contributed by atoms with Gasteiger partial charge < -0.3 is 10.1 Å². The predicted molar refractivity (Wildman–Crippen MR) is 109 cm³/mol. The van der Waals surface area contributed by atoms with Crippen molar-refractivity contribution in [1.82, 2.24) is 0 Å². The summed E-state index contributed by atoms with van der Waals surface area (Å²) in [6.07, 6.45) is 1.03. The van der Waals surface area contributed by atoms with Gasteiger partial charge in [-0.25, -0.2) is 8.42 Å². The van der Waals surface area contributed by atoms with E-state index in [1.54, 1.807) is 18.2 Å². The molecule has 0 saturated heterocycles. The van der Waals surface area contributed by atoms with Gasteiger partial charge in [0.2, 0.25) is 15.9 Å². The van der Waals surface area contributed by atoms with E-state index in [0.717, 1.165) is 21.7 Å². The number of sulfonamides is 1. The Kier molecular flexibility index (Phi) is 6.38. The van der Waals surface area contributed by atoms with Crippen molar-refractivity contribution < 1.29 is 17.9 Å². The Morgan fingerprint density at radius 2 is 1.81 bits per heavy atom. The maximum absolute atomic E-state index is 12.8. The Hall–Kier alpha value is -2.25.